The first-order valence-electron chi connectivity index (χ1n) is 5.03. The number of carbonyl (C=O) groups is 1. The number of hydrogen-bond donors (Lipinski definition) is 0. The van der Waals surface area contributed by atoms with Gasteiger partial charge in [0.05, 0.1) is 6.26 Å². The quantitative estimate of drug-likeness (QED) is 0.692. The summed E-state index contributed by atoms with van der Waals surface area (Å²) >= 11 is 0. The second-order valence-electron chi connectivity index (χ2n) is 4.51. The Bertz CT molecular complexity index is 522. The van der Waals surface area contributed by atoms with Gasteiger partial charge in [0.2, 0.25) is 5.71 Å². The Labute approximate surface area is 93.2 Å². The third kappa shape index (κ3) is 2.21. The normalized spacial score (nSPS) is 11.7. The lowest BCUT2D eigenvalue weighted by molar-refractivity contribution is 0.00630. The summed E-state index contributed by atoms with van der Waals surface area (Å²) < 4.78 is 10.3. The number of ether oxygens (including phenoxy) is 1. The van der Waals surface area contributed by atoms with Gasteiger partial charge in [0.25, 0.3) is 0 Å². The molecule has 2 heterocycles. The van der Waals surface area contributed by atoms with Crippen LogP contribution in [0.15, 0.2) is 28.9 Å². The smallest absolute Gasteiger partial charge is 0.357 e. The Morgan fingerprint density at radius 2 is 2.06 bits per heavy atom. The first kappa shape index (κ1) is 10.7. The molecule has 0 fully saturated rings. The van der Waals surface area contributed by atoms with Crippen molar-refractivity contribution in [3.8, 4) is 0 Å². The molecule has 0 saturated carbocycles. The van der Waals surface area contributed by atoms with E-state index in [0.29, 0.717) is 5.71 Å². The van der Waals surface area contributed by atoms with Crippen molar-refractivity contribution in [3.05, 3.63) is 30.2 Å². The van der Waals surface area contributed by atoms with Gasteiger partial charge in [-0.1, -0.05) is 0 Å². The van der Waals surface area contributed by atoms with Gasteiger partial charge in [-0.2, -0.15) is 0 Å². The van der Waals surface area contributed by atoms with Crippen LogP contribution in [0, 0.1) is 0 Å². The van der Waals surface area contributed by atoms with Crippen LogP contribution in [0.4, 0.5) is 0 Å². The van der Waals surface area contributed by atoms with Gasteiger partial charge in [-0.05, 0) is 39.0 Å². The number of fused-ring (bicyclic) bond motifs is 1. The van der Waals surface area contributed by atoms with E-state index in [-0.39, 0.29) is 5.69 Å². The Morgan fingerprint density at radius 3 is 2.75 bits per heavy atom. The van der Waals surface area contributed by atoms with Gasteiger partial charge < -0.3 is 9.15 Å². The number of esters is 1. The number of rotatable bonds is 1. The van der Waals surface area contributed by atoms with Crippen LogP contribution in [0.3, 0.4) is 0 Å². The lowest BCUT2D eigenvalue weighted by Crippen LogP contribution is -2.24. The Kier molecular flexibility index (Phi) is 2.42. The molecule has 2 aromatic rings. The molecular formula is C12H13NO3. The van der Waals surface area contributed by atoms with Crippen LogP contribution in [0.2, 0.25) is 0 Å². The zero-order valence-corrected chi connectivity index (χ0v) is 9.48. The van der Waals surface area contributed by atoms with Gasteiger partial charge in [0.15, 0.2) is 5.69 Å². The van der Waals surface area contributed by atoms with Crippen molar-refractivity contribution >= 4 is 17.1 Å². The molecule has 0 aromatic carbocycles. The molecule has 0 atom stereocenters. The highest BCUT2D eigenvalue weighted by atomic mass is 16.6. The van der Waals surface area contributed by atoms with Crippen molar-refractivity contribution in [1.29, 1.82) is 0 Å². The molecule has 0 bridgehead atoms. The number of hydrogen-bond acceptors (Lipinski definition) is 4. The highest BCUT2D eigenvalue weighted by molar-refractivity contribution is 5.90. The molecule has 0 spiro atoms. The molecule has 4 nitrogen and oxygen atoms in total. The van der Waals surface area contributed by atoms with E-state index in [1.807, 2.05) is 20.8 Å². The first-order valence-corrected chi connectivity index (χ1v) is 5.03. The molecule has 0 aliphatic heterocycles. The molecule has 0 aliphatic carbocycles. The Hall–Kier alpha value is -1.84. The maximum Gasteiger partial charge on any atom is 0.357 e. The molecule has 0 amide bonds. The third-order valence-electron chi connectivity index (χ3n) is 1.93. The Morgan fingerprint density at radius 1 is 1.31 bits per heavy atom. The van der Waals surface area contributed by atoms with Crippen LogP contribution >= 0.6 is 0 Å². The summed E-state index contributed by atoms with van der Waals surface area (Å²) in [5.74, 6) is -0.439. The predicted molar refractivity (Wildman–Crippen MR) is 59.2 cm³/mol. The van der Waals surface area contributed by atoms with E-state index in [2.05, 4.69) is 4.98 Å². The van der Waals surface area contributed by atoms with Crippen LogP contribution in [-0.4, -0.2) is 16.6 Å². The van der Waals surface area contributed by atoms with E-state index in [1.165, 1.54) is 6.26 Å². The molecule has 4 heteroatoms. The van der Waals surface area contributed by atoms with E-state index in [4.69, 9.17) is 9.15 Å². The minimum absolute atomic E-state index is 0.261. The monoisotopic (exact) mass is 219 g/mol. The average molecular weight is 219 g/mol. The lowest BCUT2D eigenvalue weighted by Gasteiger charge is -2.18. The largest absolute Gasteiger partial charge is 0.455 e. The summed E-state index contributed by atoms with van der Waals surface area (Å²) in [5.41, 5.74) is 0.192. The molecule has 2 rings (SSSR count). The van der Waals surface area contributed by atoms with Crippen LogP contribution in [0.25, 0.3) is 11.1 Å². The fraction of sp³-hybridized carbons (Fsp3) is 0.333. The number of nitrogens with zero attached hydrogens (tertiary/aromatic N) is 1. The van der Waals surface area contributed by atoms with E-state index < -0.39 is 11.6 Å². The van der Waals surface area contributed by atoms with E-state index in [1.54, 1.807) is 18.2 Å². The maximum absolute atomic E-state index is 11.7. The minimum atomic E-state index is -0.517. The zero-order valence-electron chi connectivity index (χ0n) is 9.48. The van der Waals surface area contributed by atoms with Crippen molar-refractivity contribution in [2.75, 3.05) is 0 Å². The fourth-order valence-electron chi connectivity index (χ4n) is 1.29. The number of aromatic nitrogens is 1. The lowest BCUT2D eigenvalue weighted by atomic mass is 10.2. The molecular weight excluding hydrogens is 206 g/mol. The van der Waals surface area contributed by atoms with Crippen molar-refractivity contribution in [1.82, 2.24) is 4.98 Å². The topological polar surface area (TPSA) is 52.3 Å². The SMILES string of the molecule is CC(C)(C)OC(=O)c1ccc2ccoc2n1. The summed E-state index contributed by atoms with van der Waals surface area (Å²) in [6.45, 7) is 5.45. The molecule has 2 aromatic heterocycles. The van der Waals surface area contributed by atoms with Crippen LogP contribution in [0.5, 0.6) is 0 Å². The fourth-order valence-corrected chi connectivity index (χ4v) is 1.29. The van der Waals surface area contributed by atoms with Gasteiger partial charge in [-0.3, -0.25) is 0 Å². The highest BCUT2D eigenvalue weighted by Gasteiger charge is 2.19. The molecule has 0 aliphatic rings. The summed E-state index contributed by atoms with van der Waals surface area (Å²) in [7, 11) is 0. The Balaban J connectivity index is 2.29. The average Bonchev–Trinajstić information content (AvgIpc) is 2.61. The first-order chi connectivity index (χ1) is 7.46. The van der Waals surface area contributed by atoms with Crippen molar-refractivity contribution in [2.45, 2.75) is 26.4 Å². The molecule has 16 heavy (non-hydrogen) atoms. The van der Waals surface area contributed by atoms with E-state index in [9.17, 15) is 4.79 Å². The third-order valence-corrected chi connectivity index (χ3v) is 1.93. The van der Waals surface area contributed by atoms with Gasteiger partial charge in [0.1, 0.15) is 5.60 Å². The zero-order chi connectivity index (χ0) is 11.8. The second kappa shape index (κ2) is 3.63. The van der Waals surface area contributed by atoms with Gasteiger partial charge in [0, 0.05) is 5.39 Å². The van der Waals surface area contributed by atoms with Gasteiger partial charge in [-0.25, -0.2) is 9.78 Å². The molecule has 0 saturated heterocycles. The minimum Gasteiger partial charge on any atom is -0.455 e. The second-order valence-corrected chi connectivity index (χ2v) is 4.51. The molecule has 0 N–H and O–H groups in total. The number of furan rings is 1. The van der Waals surface area contributed by atoms with Crippen molar-refractivity contribution < 1.29 is 13.9 Å². The van der Waals surface area contributed by atoms with Crippen LogP contribution in [0.1, 0.15) is 31.3 Å². The summed E-state index contributed by atoms with van der Waals surface area (Å²) in [4.78, 5) is 15.8. The van der Waals surface area contributed by atoms with Crippen molar-refractivity contribution in [2.24, 2.45) is 0 Å². The standard InChI is InChI=1S/C12H13NO3/c1-12(2,3)16-11(14)9-5-4-8-6-7-15-10(8)13-9/h4-7H,1-3H3. The summed E-state index contributed by atoms with van der Waals surface area (Å²) in [5, 5.41) is 0.868. The summed E-state index contributed by atoms with van der Waals surface area (Å²) in [6.07, 6.45) is 1.54. The summed E-state index contributed by atoms with van der Waals surface area (Å²) in [6, 6.07) is 5.21. The van der Waals surface area contributed by atoms with Crippen LogP contribution in [-0.2, 0) is 4.74 Å². The van der Waals surface area contributed by atoms with E-state index >= 15 is 0 Å². The number of pyridine rings is 1. The van der Waals surface area contributed by atoms with E-state index in [0.717, 1.165) is 5.39 Å². The maximum atomic E-state index is 11.7. The molecule has 0 unspecified atom stereocenters. The number of carbonyl (C=O) groups excluding carboxylic acids is 1. The highest BCUT2D eigenvalue weighted by Crippen LogP contribution is 2.16. The molecule has 0 radical (unpaired) electrons. The van der Waals surface area contributed by atoms with Gasteiger partial charge >= 0.3 is 5.97 Å². The predicted octanol–water partition coefficient (Wildman–Crippen LogP) is 2.78. The van der Waals surface area contributed by atoms with Crippen LogP contribution < -0.4 is 0 Å². The van der Waals surface area contributed by atoms with Gasteiger partial charge in [-0.15, -0.1) is 0 Å². The molecule has 84 valence electrons. The van der Waals surface area contributed by atoms with Crippen molar-refractivity contribution in [3.63, 3.8) is 0 Å².